The number of hydrogen-bond acceptors (Lipinski definition) is 0. The lowest BCUT2D eigenvalue weighted by molar-refractivity contribution is 0.804. The lowest BCUT2D eigenvalue weighted by Gasteiger charge is -1.97. The van der Waals surface area contributed by atoms with Crippen LogP contribution in [0.15, 0.2) is 24.3 Å². The summed E-state index contributed by atoms with van der Waals surface area (Å²) in [7, 11) is 0. The van der Waals surface area contributed by atoms with Crippen LogP contribution in [-0.4, -0.2) is 6.54 Å². The summed E-state index contributed by atoms with van der Waals surface area (Å²) in [5, 5.41) is 4.27. The summed E-state index contributed by atoms with van der Waals surface area (Å²) in [5.74, 6) is 0. The molecular weight excluding hydrogens is 122 g/mol. The van der Waals surface area contributed by atoms with E-state index in [1.807, 2.05) is 24.3 Å². The minimum atomic E-state index is 0.903. The van der Waals surface area contributed by atoms with Gasteiger partial charge in [-0.15, -0.1) is 0 Å². The Hall–Kier alpha value is -0.980. The van der Waals surface area contributed by atoms with Crippen molar-refractivity contribution >= 4 is 5.69 Å². The van der Waals surface area contributed by atoms with E-state index in [0.29, 0.717) is 0 Å². The maximum Gasteiger partial charge on any atom is 0.0653 e. The van der Waals surface area contributed by atoms with E-state index in [4.69, 9.17) is 0 Å². The van der Waals surface area contributed by atoms with Crippen molar-refractivity contribution in [3.8, 4) is 0 Å². The van der Waals surface area contributed by atoms with Gasteiger partial charge in [0, 0.05) is 12.6 Å². The molecule has 0 bridgehead atoms. The molecule has 0 saturated carbocycles. The van der Waals surface area contributed by atoms with Crippen LogP contribution >= 0.6 is 0 Å². The van der Waals surface area contributed by atoms with E-state index in [2.05, 4.69) is 18.3 Å². The zero-order valence-corrected chi connectivity index (χ0v) is 6.17. The van der Waals surface area contributed by atoms with Crippen LogP contribution in [-0.2, 0) is 0 Å². The number of rotatable bonds is 3. The van der Waals surface area contributed by atoms with Crippen molar-refractivity contribution < 1.29 is 0 Å². The lowest BCUT2D eigenvalue weighted by atomic mass is 10.3. The fraction of sp³-hybridized carbons (Fsp3) is 0.333. The Morgan fingerprint density at radius 3 is 3.00 bits per heavy atom. The standard InChI is InChI=1S/C9H11N/c1-2-8-10-9-6-4-3-5-7-9/h3-6H,2,8H2,1H3. The Bertz CT molecular complexity index is 169. The molecule has 0 fully saturated rings. The molecule has 1 aromatic carbocycles. The lowest BCUT2D eigenvalue weighted by Crippen LogP contribution is -1.97. The first kappa shape index (κ1) is 7.13. The molecule has 0 aliphatic rings. The Kier molecular flexibility index (Phi) is 2.81. The van der Waals surface area contributed by atoms with Crippen molar-refractivity contribution in [2.24, 2.45) is 0 Å². The first-order chi connectivity index (χ1) is 4.93. The van der Waals surface area contributed by atoms with Gasteiger partial charge >= 0.3 is 0 Å². The van der Waals surface area contributed by atoms with Crippen LogP contribution in [0.2, 0.25) is 0 Å². The Labute approximate surface area is 62.1 Å². The van der Waals surface area contributed by atoms with Gasteiger partial charge in [0.2, 0.25) is 0 Å². The van der Waals surface area contributed by atoms with Crippen LogP contribution in [0.3, 0.4) is 0 Å². The van der Waals surface area contributed by atoms with Crippen LogP contribution in [0, 0.1) is 6.07 Å². The highest BCUT2D eigenvalue weighted by molar-refractivity contribution is 5.32. The zero-order chi connectivity index (χ0) is 7.23. The third-order valence-corrected chi connectivity index (χ3v) is 1.20. The van der Waals surface area contributed by atoms with Gasteiger partial charge in [-0.2, -0.15) is 0 Å². The third-order valence-electron chi connectivity index (χ3n) is 1.20. The van der Waals surface area contributed by atoms with Crippen molar-refractivity contribution in [1.29, 1.82) is 0 Å². The molecule has 0 spiro atoms. The summed E-state index contributed by atoms with van der Waals surface area (Å²) in [6.07, 6.45) is 1.10. The number of hydrogen-bond donors (Lipinski definition) is 0. The summed E-state index contributed by atoms with van der Waals surface area (Å²) in [6, 6.07) is 10.8. The molecule has 2 radical (unpaired) electrons. The summed E-state index contributed by atoms with van der Waals surface area (Å²) in [5.41, 5.74) is 0.962. The molecule has 0 unspecified atom stereocenters. The van der Waals surface area contributed by atoms with Gasteiger partial charge < -0.3 is 0 Å². The molecule has 0 aliphatic heterocycles. The second-order valence-electron chi connectivity index (χ2n) is 2.13. The van der Waals surface area contributed by atoms with Gasteiger partial charge in [0.25, 0.3) is 0 Å². The van der Waals surface area contributed by atoms with Gasteiger partial charge in [-0.25, -0.2) is 0 Å². The van der Waals surface area contributed by atoms with Gasteiger partial charge in [-0.1, -0.05) is 25.1 Å². The first-order valence-electron chi connectivity index (χ1n) is 3.57. The minimum Gasteiger partial charge on any atom is -0.285 e. The van der Waals surface area contributed by atoms with E-state index < -0.39 is 0 Å². The quantitative estimate of drug-likeness (QED) is 0.599. The van der Waals surface area contributed by atoms with Crippen LogP contribution in [0.25, 0.3) is 0 Å². The summed E-state index contributed by atoms with van der Waals surface area (Å²) in [6.45, 7) is 3.02. The largest absolute Gasteiger partial charge is 0.285 e. The molecule has 1 nitrogen and oxygen atoms in total. The molecule has 0 aromatic heterocycles. The highest BCUT2D eigenvalue weighted by Gasteiger charge is 1.87. The predicted octanol–water partition coefficient (Wildman–Crippen LogP) is 2.13. The van der Waals surface area contributed by atoms with E-state index >= 15 is 0 Å². The normalized spacial score (nSPS) is 9.30. The second kappa shape index (κ2) is 3.94. The molecule has 0 saturated heterocycles. The maximum atomic E-state index is 4.27. The maximum absolute atomic E-state index is 4.27. The fourth-order valence-corrected chi connectivity index (χ4v) is 0.714. The van der Waals surface area contributed by atoms with E-state index in [-0.39, 0.29) is 0 Å². The smallest absolute Gasteiger partial charge is 0.0653 e. The third kappa shape index (κ3) is 2.09. The number of para-hydroxylation sites is 1. The molecule has 0 N–H and O–H groups in total. The second-order valence-corrected chi connectivity index (χ2v) is 2.13. The molecule has 0 aliphatic carbocycles. The first-order valence-corrected chi connectivity index (χ1v) is 3.57. The summed E-state index contributed by atoms with van der Waals surface area (Å²) >= 11 is 0. The SMILES string of the molecule is CCC[N]c1[c]cccc1. The minimum absolute atomic E-state index is 0.903. The summed E-state index contributed by atoms with van der Waals surface area (Å²) < 4.78 is 0. The molecule has 0 amide bonds. The van der Waals surface area contributed by atoms with E-state index in [0.717, 1.165) is 18.7 Å². The van der Waals surface area contributed by atoms with Crippen molar-refractivity contribution in [1.82, 2.24) is 5.32 Å². The molecule has 0 atom stereocenters. The van der Waals surface area contributed by atoms with Gasteiger partial charge in [0.1, 0.15) is 0 Å². The Morgan fingerprint density at radius 1 is 1.50 bits per heavy atom. The Balaban J connectivity index is 2.43. The zero-order valence-electron chi connectivity index (χ0n) is 6.17. The fourth-order valence-electron chi connectivity index (χ4n) is 0.714. The monoisotopic (exact) mass is 133 g/mol. The van der Waals surface area contributed by atoms with Crippen molar-refractivity contribution in [2.75, 3.05) is 6.54 Å². The molecule has 0 heterocycles. The van der Waals surface area contributed by atoms with Crippen molar-refractivity contribution in [2.45, 2.75) is 13.3 Å². The molecular formula is C9H11N. The van der Waals surface area contributed by atoms with Crippen LogP contribution < -0.4 is 5.32 Å². The average molecular weight is 133 g/mol. The topological polar surface area (TPSA) is 14.1 Å². The van der Waals surface area contributed by atoms with Crippen LogP contribution in [0.4, 0.5) is 5.69 Å². The van der Waals surface area contributed by atoms with Crippen LogP contribution in [0.1, 0.15) is 13.3 Å². The molecule has 1 heteroatoms. The number of nitrogens with zero attached hydrogens (tertiary/aromatic N) is 1. The highest BCUT2D eigenvalue weighted by atomic mass is 14.9. The highest BCUT2D eigenvalue weighted by Crippen LogP contribution is 2.03. The van der Waals surface area contributed by atoms with Gasteiger partial charge in [0.15, 0.2) is 0 Å². The van der Waals surface area contributed by atoms with Gasteiger partial charge in [0.05, 0.1) is 5.69 Å². The van der Waals surface area contributed by atoms with Crippen molar-refractivity contribution in [3.05, 3.63) is 30.3 Å². The van der Waals surface area contributed by atoms with Gasteiger partial charge in [-0.3, -0.25) is 5.32 Å². The van der Waals surface area contributed by atoms with E-state index in [1.165, 1.54) is 0 Å². The predicted molar refractivity (Wildman–Crippen MR) is 42.2 cm³/mol. The molecule has 10 heavy (non-hydrogen) atoms. The van der Waals surface area contributed by atoms with E-state index in [9.17, 15) is 0 Å². The molecule has 1 rings (SSSR count). The van der Waals surface area contributed by atoms with Crippen LogP contribution in [0.5, 0.6) is 0 Å². The average Bonchev–Trinajstić information content (AvgIpc) is 2.03. The summed E-state index contributed by atoms with van der Waals surface area (Å²) in [4.78, 5) is 0. The molecule has 1 aromatic rings. The van der Waals surface area contributed by atoms with E-state index in [1.54, 1.807) is 0 Å². The van der Waals surface area contributed by atoms with Crippen molar-refractivity contribution in [3.63, 3.8) is 0 Å². The molecule has 52 valence electrons. The number of benzene rings is 1. The Morgan fingerprint density at radius 2 is 2.40 bits per heavy atom. The van der Waals surface area contributed by atoms with Gasteiger partial charge in [-0.05, 0) is 12.5 Å².